The van der Waals surface area contributed by atoms with Crippen LogP contribution in [0.15, 0.2) is 53.6 Å². The molecule has 0 aliphatic rings. The standard InChI is InChI=1S/C17H18N4O3/c1-20(2)15-7-5-14(6-8-15)12-18-19-17(22)11-13-3-9-16(10-4-13)21(23)24/h3-10,12H,11H2,1-2H3,(H,19,22). The van der Waals surface area contributed by atoms with Gasteiger partial charge in [0, 0.05) is 31.9 Å². The van der Waals surface area contributed by atoms with Crippen LogP contribution in [-0.4, -0.2) is 31.1 Å². The van der Waals surface area contributed by atoms with Crippen LogP contribution in [0.3, 0.4) is 0 Å². The fourth-order valence-electron chi connectivity index (χ4n) is 2.00. The summed E-state index contributed by atoms with van der Waals surface area (Å²) in [6.45, 7) is 0. The predicted molar refractivity (Wildman–Crippen MR) is 93.3 cm³/mol. The highest BCUT2D eigenvalue weighted by Gasteiger charge is 2.06. The normalized spacial score (nSPS) is 10.6. The summed E-state index contributed by atoms with van der Waals surface area (Å²) in [5.41, 5.74) is 5.07. The number of nitrogens with zero attached hydrogens (tertiary/aromatic N) is 3. The van der Waals surface area contributed by atoms with Gasteiger partial charge >= 0.3 is 0 Å². The van der Waals surface area contributed by atoms with E-state index in [-0.39, 0.29) is 18.0 Å². The summed E-state index contributed by atoms with van der Waals surface area (Å²) in [5.74, 6) is -0.287. The van der Waals surface area contributed by atoms with Gasteiger partial charge in [-0.3, -0.25) is 14.9 Å². The second-order valence-electron chi connectivity index (χ2n) is 5.38. The van der Waals surface area contributed by atoms with E-state index >= 15 is 0 Å². The molecule has 1 N–H and O–H groups in total. The number of hydrazone groups is 1. The maximum atomic E-state index is 11.8. The molecule has 0 bridgehead atoms. The van der Waals surface area contributed by atoms with E-state index in [0.29, 0.717) is 5.56 Å². The van der Waals surface area contributed by atoms with Crippen molar-refractivity contribution in [2.75, 3.05) is 19.0 Å². The third-order valence-corrected chi connectivity index (χ3v) is 3.32. The quantitative estimate of drug-likeness (QED) is 0.501. The summed E-state index contributed by atoms with van der Waals surface area (Å²) in [5, 5.41) is 14.5. The van der Waals surface area contributed by atoms with Crippen LogP contribution < -0.4 is 10.3 Å². The summed E-state index contributed by atoms with van der Waals surface area (Å²) in [7, 11) is 3.92. The zero-order chi connectivity index (χ0) is 17.5. The van der Waals surface area contributed by atoms with Crippen molar-refractivity contribution in [3.8, 4) is 0 Å². The van der Waals surface area contributed by atoms with Gasteiger partial charge in [0.15, 0.2) is 0 Å². The first-order valence-corrected chi connectivity index (χ1v) is 7.28. The van der Waals surface area contributed by atoms with E-state index in [1.165, 1.54) is 12.1 Å². The number of nitro groups is 1. The number of non-ortho nitro benzene ring substituents is 1. The summed E-state index contributed by atoms with van der Waals surface area (Å²) >= 11 is 0. The van der Waals surface area contributed by atoms with Crippen molar-refractivity contribution in [2.45, 2.75) is 6.42 Å². The van der Waals surface area contributed by atoms with Crippen LogP contribution in [0.5, 0.6) is 0 Å². The zero-order valence-corrected chi connectivity index (χ0v) is 13.5. The van der Waals surface area contributed by atoms with E-state index in [0.717, 1.165) is 11.3 Å². The van der Waals surface area contributed by atoms with Crippen molar-refractivity contribution < 1.29 is 9.72 Å². The van der Waals surface area contributed by atoms with E-state index in [4.69, 9.17) is 0 Å². The zero-order valence-electron chi connectivity index (χ0n) is 13.5. The number of amides is 1. The molecule has 0 spiro atoms. The molecule has 2 aromatic rings. The first kappa shape index (κ1) is 17.1. The number of rotatable bonds is 6. The average Bonchev–Trinajstić information content (AvgIpc) is 2.55. The Kier molecular flexibility index (Phi) is 5.62. The highest BCUT2D eigenvalue weighted by molar-refractivity contribution is 5.83. The Hall–Kier alpha value is -3.22. The highest BCUT2D eigenvalue weighted by atomic mass is 16.6. The Morgan fingerprint density at radius 3 is 2.33 bits per heavy atom. The second kappa shape index (κ2) is 7.87. The summed E-state index contributed by atoms with van der Waals surface area (Å²) < 4.78 is 0. The third-order valence-electron chi connectivity index (χ3n) is 3.32. The maximum Gasteiger partial charge on any atom is 0.269 e. The van der Waals surface area contributed by atoms with E-state index in [2.05, 4.69) is 10.5 Å². The minimum Gasteiger partial charge on any atom is -0.378 e. The summed E-state index contributed by atoms with van der Waals surface area (Å²) in [4.78, 5) is 23.9. The molecule has 124 valence electrons. The Bertz CT molecular complexity index is 737. The van der Waals surface area contributed by atoms with E-state index in [1.807, 2.05) is 43.3 Å². The lowest BCUT2D eigenvalue weighted by Gasteiger charge is -2.11. The van der Waals surface area contributed by atoms with Crippen molar-refractivity contribution in [2.24, 2.45) is 5.10 Å². The lowest BCUT2D eigenvalue weighted by atomic mass is 10.1. The Balaban J connectivity index is 1.87. The van der Waals surface area contributed by atoms with Gasteiger partial charge in [-0.1, -0.05) is 24.3 Å². The number of benzene rings is 2. The third kappa shape index (κ3) is 4.91. The monoisotopic (exact) mass is 326 g/mol. The minimum atomic E-state index is -0.476. The molecule has 0 unspecified atom stereocenters. The Morgan fingerprint density at radius 2 is 1.79 bits per heavy atom. The van der Waals surface area contributed by atoms with E-state index in [1.54, 1.807) is 18.3 Å². The van der Waals surface area contributed by atoms with Crippen LogP contribution in [-0.2, 0) is 11.2 Å². The fraction of sp³-hybridized carbons (Fsp3) is 0.176. The van der Waals surface area contributed by atoms with Crippen molar-refractivity contribution in [1.82, 2.24) is 5.43 Å². The first-order chi connectivity index (χ1) is 11.5. The molecular formula is C17H18N4O3. The van der Waals surface area contributed by atoms with Gasteiger partial charge in [-0.15, -0.1) is 0 Å². The summed E-state index contributed by atoms with van der Waals surface area (Å²) in [6, 6.07) is 13.6. The number of anilines is 1. The molecule has 0 heterocycles. The topological polar surface area (TPSA) is 87.8 Å². The average molecular weight is 326 g/mol. The van der Waals surface area contributed by atoms with Gasteiger partial charge in [0.05, 0.1) is 17.6 Å². The minimum absolute atomic E-state index is 0.00153. The van der Waals surface area contributed by atoms with E-state index < -0.39 is 4.92 Å². The molecule has 7 heteroatoms. The van der Waals surface area contributed by atoms with Crippen LogP contribution >= 0.6 is 0 Å². The fourth-order valence-corrected chi connectivity index (χ4v) is 2.00. The molecule has 0 radical (unpaired) electrons. The molecule has 0 aromatic heterocycles. The van der Waals surface area contributed by atoms with Crippen molar-refractivity contribution in [3.05, 3.63) is 69.8 Å². The number of nitro benzene ring substituents is 1. The van der Waals surface area contributed by atoms with Crippen LogP contribution in [0, 0.1) is 10.1 Å². The molecule has 2 rings (SSSR count). The highest BCUT2D eigenvalue weighted by Crippen LogP contribution is 2.12. The van der Waals surface area contributed by atoms with Gasteiger partial charge in [0.1, 0.15) is 0 Å². The van der Waals surface area contributed by atoms with E-state index in [9.17, 15) is 14.9 Å². The number of hydrogen-bond acceptors (Lipinski definition) is 5. The molecule has 0 saturated carbocycles. The van der Waals surface area contributed by atoms with Gasteiger partial charge in [-0.05, 0) is 23.3 Å². The summed E-state index contributed by atoms with van der Waals surface area (Å²) in [6.07, 6.45) is 1.67. The van der Waals surface area contributed by atoms with Crippen LogP contribution in [0.2, 0.25) is 0 Å². The van der Waals surface area contributed by atoms with Gasteiger partial charge in [-0.2, -0.15) is 5.10 Å². The van der Waals surface area contributed by atoms with Crippen LogP contribution in [0.25, 0.3) is 0 Å². The molecule has 2 aromatic carbocycles. The molecule has 7 nitrogen and oxygen atoms in total. The number of hydrogen-bond donors (Lipinski definition) is 1. The van der Waals surface area contributed by atoms with Gasteiger partial charge in [0.25, 0.3) is 5.69 Å². The lowest BCUT2D eigenvalue weighted by molar-refractivity contribution is -0.384. The molecule has 0 atom stereocenters. The first-order valence-electron chi connectivity index (χ1n) is 7.28. The van der Waals surface area contributed by atoms with Crippen LogP contribution in [0.1, 0.15) is 11.1 Å². The van der Waals surface area contributed by atoms with Gasteiger partial charge in [-0.25, -0.2) is 5.43 Å². The number of nitrogens with one attached hydrogen (secondary N) is 1. The number of carbonyl (C=O) groups is 1. The predicted octanol–water partition coefficient (Wildman–Crippen LogP) is 2.35. The van der Waals surface area contributed by atoms with Crippen molar-refractivity contribution >= 4 is 23.5 Å². The smallest absolute Gasteiger partial charge is 0.269 e. The largest absolute Gasteiger partial charge is 0.378 e. The molecule has 1 amide bonds. The maximum absolute atomic E-state index is 11.8. The molecule has 0 aliphatic carbocycles. The van der Waals surface area contributed by atoms with Crippen LogP contribution in [0.4, 0.5) is 11.4 Å². The SMILES string of the molecule is CN(C)c1ccc(C=NNC(=O)Cc2ccc([N+](=O)[O-])cc2)cc1. The van der Waals surface area contributed by atoms with Crippen molar-refractivity contribution in [1.29, 1.82) is 0 Å². The molecule has 0 fully saturated rings. The van der Waals surface area contributed by atoms with Gasteiger partial charge < -0.3 is 4.90 Å². The Labute approximate surface area is 139 Å². The molecular weight excluding hydrogens is 308 g/mol. The Morgan fingerprint density at radius 1 is 1.17 bits per heavy atom. The molecule has 0 aliphatic heterocycles. The second-order valence-corrected chi connectivity index (χ2v) is 5.38. The molecule has 24 heavy (non-hydrogen) atoms. The van der Waals surface area contributed by atoms with Crippen molar-refractivity contribution in [3.63, 3.8) is 0 Å². The lowest BCUT2D eigenvalue weighted by Crippen LogP contribution is -2.19. The molecule has 0 saturated heterocycles. The van der Waals surface area contributed by atoms with Gasteiger partial charge in [0.2, 0.25) is 5.91 Å². The number of carbonyl (C=O) groups excluding carboxylic acids is 1.